The van der Waals surface area contributed by atoms with E-state index in [2.05, 4.69) is 5.32 Å². The lowest BCUT2D eigenvalue weighted by Gasteiger charge is -2.22. The molecule has 1 aromatic carbocycles. The minimum absolute atomic E-state index is 0. The van der Waals surface area contributed by atoms with E-state index in [0.717, 1.165) is 6.42 Å². The first-order chi connectivity index (χ1) is 11.3. The van der Waals surface area contributed by atoms with Gasteiger partial charge in [-0.1, -0.05) is 25.4 Å². The SMILES string of the molecule is CC(C)CC(=O)Nc1ccc(Cl)c(C(=O)N2CC(CN)CC2C)c1.Cl. The Hall–Kier alpha value is -1.30. The van der Waals surface area contributed by atoms with Crippen molar-refractivity contribution in [2.75, 3.05) is 18.4 Å². The molecule has 0 saturated carbocycles. The molecule has 1 fully saturated rings. The molecular formula is C18H27Cl2N3O2. The Labute approximate surface area is 160 Å². The minimum Gasteiger partial charge on any atom is -0.336 e. The Balaban J connectivity index is 0.00000312. The molecule has 0 spiro atoms. The summed E-state index contributed by atoms with van der Waals surface area (Å²) in [6.07, 6.45) is 1.35. The van der Waals surface area contributed by atoms with E-state index >= 15 is 0 Å². The maximum Gasteiger partial charge on any atom is 0.255 e. The van der Waals surface area contributed by atoms with Crippen molar-refractivity contribution in [3.05, 3.63) is 28.8 Å². The van der Waals surface area contributed by atoms with Gasteiger partial charge in [0.05, 0.1) is 10.6 Å². The van der Waals surface area contributed by atoms with E-state index in [0.29, 0.717) is 41.7 Å². The topological polar surface area (TPSA) is 75.4 Å². The summed E-state index contributed by atoms with van der Waals surface area (Å²) in [5.41, 5.74) is 6.75. The highest BCUT2D eigenvalue weighted by atomic mass is 35.5. The minimum atomic E-state index is -0.108. The number of nitrogens with zero attached hydrogens (tertiary/aromatic N) is 1. The number of amides is 2. The average molecular weight is 388 g/mol. The van der Waals surface area contributed by atoms with Crippen molar-refractivity contribution in [2.45, 2.75) is 39.7 Å². The van der Waals surface area contributed by atoms with Crippen molar-refractivity contribution in [3.63, 3.8) is 0 Å². The van der Waals surface area contributed by atoms with Crippen LogP contribution in [-0.2, 0) is 4.79 Å². The van der Waals surface area contributed by atoms with Crippen molar-refractivity contribution in [1.29, 1.82) is 0 Å². The summed E-state index contributed by atoms with van der Waals surface area (Å²) >= 11 is 6.22. The number of hydrogen-bond donors (Lipinski definition) is 2. The number of anilines is 1. The van der Waals surface area contributed by atoms with Gasteiger partial charge >= 0.3 is 0 Å². The van der Waals surface area contributed by atoms with Crippen LogP contribution in [0, 0.1) is 11.8 Å². The molecule has 5 nitrogen and oxygen atoms in total. The smallest absolute Gasteiger partial charge is 0.255 e. The molecule has 2 atom stereocenters. The highest BCUT2D eigenvalue weighted by Gasteiger charge is 2.33. The second-order valence-corrected chi connectivity index (χ2v) is 7.39. The molecule has 1 heterocycles. The van der Waals surface area contributed by atoms with Gasteiger partial charge in [-0.15, -0.1) is 12.4 Å². The van der Waals surface area contributed by atoms with Gasteiger partial charge in [0.2, 0.25) is 5.91 Å². The highest BCUT2D eigenvalue weighted by molar-refractivity contribution is 6.34. The van der Waals surface area contributed by atoms with Crippen LogP contribution >= 0.6 is 24.0 Å². The molecule has 2 amide bonds. The molecule has 0 aliphatic carbocycles. The van der Waals surface area contributed by atoms with E-state index in [1.165, 1.54) is 0 Å². The normalized spacial score (nSPS) is 19.7. The van der Waals surface area contributed by atoms with E-state index in [4.69, 9.17) is 17.3 Å². The van der Waals surface area contributed by atoms with Crippen LogP contribution in [-0.4, -0.2) is 35.8 Å². The fraction of sp³-hybridized carbons (Fsp3) is 0.556. The van der Waals surface area contributed by atoms with Gasteiger partial charge in [0, 0.05) is 24.7 Å². The van der Waals surface area contributed by atoms with Crippen LogP contribution < -0.4 is 11.1 Å². The van der Waals surface area contributed by atoms with Crippen LogP contribution in [0.2, 0.25) is 5.02 Å². The van der Waals surface area contributed by atoms with Crippen molar-refractivity contribution < 1.29 is 9.59 Å². The zero-order valence-corrected chi connectivity index (χ0v) is 16.5. The van der Waals surface area contributed by atoms with Gasteiger partial charge in [-0.25, -0.2) is 0 Å². The summed E-state index contributed by atoms with van der Waals surface area (Å²) in [5, 5.41) is 3.22. The lowest BCUT2D eigenvalue weighted by atomic mass is 10.1. The fourth-order valence-corrected chi connectivity index (χ4v) is 3.30. The zero-order chi connectivity index (χ0) is 17.9. The van der Waals surface area contributed by atoms with Crippen molar-refractivity contribution in [3.8, 4) is 0 Å². The van der Waals surface area contributed by atoms with E-state index < -0.39 is 0 Å². The highest BCUT2D eigenvalue weighted by Crippen LogP contribution is 2.28. The van der Waals surface area contributed by atoms with E-state index in [-0.39, 0.29) is 36.2 Å². The summed E-state index contributed by atoms with van der Waals surface area (Å²) in [4.78, 5) is 26.6. The first kappa shape index (κ1) is 21.7. The average Bonchev–Trinajstić information content (AvgIpc) is 2.89. The van der Waals surface area contributed by atoms with Gasteiger partial charge in [0.15, 0.2) is 0 Å². The number of carbonyl (C=O) groups excluding carboxylic acids is 2. The largest absolute Gasteiger partial charge is 0.336 e. The van der Waals surface area contributed by atoms with Crippen molar-refractivity contribution in [2.24, 2.45) is 17.6 Å². The van der Waals surface area contributed by atoms with Crippen LogP contribution in [0.3, 0.4) is 0 Å². The summed E-state index contributed by atoms with van der Waals surface area (Å²) in [6.45, 7) is 7.22. The first-order valence-corrected chi connectivity index (χ1v) is 8.80. The van der Waals surface area contributed by atoms with E-state index in [1.54, 1.807) is 18.2 Å². The van der Waals surface area contributed by atoms with E-state index in [9.17, 15) is 9.59 Å². The van der Waals surface area contributed by atoms with Gasteiger partial charge in [-0.3, -0.25) is 9.59 Å². The van der Waals surface area contributed by atoms with Gasteiger partial charge in [0.1, 0.15) is 0 Å². The number of benzene rings is 1. The Kier molecular flexibility index (Phi) is 8.19. The Bertz CT molecular complexity index is 622. The maximum absolute atomic E-state index is 12.8. The van der Waals surface area contributed by atoms with Gasteiger partial charge in [-0.05, 0) is 49.9 Å². The predicted molar refractivity (Wildman–Crippen MR) is 104 cm³/mol. The molecule has 1 aromatic rings. The van der Waals surface area contributed by atoms with Gasteiger partial charge in [0.25, 0.3) is 5.91 Å². The molecule has 2 rings (SSSR count). The fourth-order valence-electron chi connectivity index (χ4n) is 3.10. The first-order valence-electron chi connectivity index (χ1n) is 8.42. The number of nitrogens with one attached hydrogen (secondary N) is 1. The lowest BCUT2D eigenvalue weighted by Crippen LogP contribution is -2.34. The molecule has 140 valence electrons. The third-order valence-corrected chi connectivity index (χ3v) is 4.66. The van der Waals surface area contributed by atoms with Gasteiger partial charge in [-0.2, -0.15) is 0 Å². The number of likely N-dealkylation sites (tertiary alicyclic amines) is 1. The number of hydrogen-bond acceptors (Lipinski definition) is 3. The van der Waals surface area contributed by atoms with Gasteiger partial charge < -0.3 is 16.0 Å². The Morgan fingerprint density at radius 1 is 1.40 bits per heavy atom. The lowest BCUT2D eigenvalue weighted by molar-refractivity contribution is -0.116. The van der Waals surface area contributed by atoms with Crippen LogP contribution in [0.25, 0.3) is 0 Å². The number of rotatable bonds is 5. The van der Waals surface area contributed by atoms with Crippen LogP contribution in [0.4, 0.5) is 5.69 Å². The number of carbonyl (C=O) groups is 2. The molecule has 0 bridgehead atoms. The summed E-state index contributed by atoms with van der Waals surface area (Å²) in [7, 11) is 0. The van der Waals surface area contributed by atoms with E-state index in [1.807, 2.05) is 25.7 Å². The monoisotopic (exact) mass is 387 g/mol. The number of nitrogens with two attached hydrogens (primary N) is 1. The molecule has 2 unspecified atom stereocenters. The van der Waals surface area contributed by atoms with Crippen LogP contribution in [0.1, 0.15) is 44.0 Å². The second-order valence-electron chi connectivity index (χ2n) is 6.98. The molecule has 1 aliphatic heterocycles. The molecule has 25 heavy (non-hydrogen) atoms. The molecule has 1 saturated heterocycles. The van der Waals surface area contributed by atoms with Crippen LogP contribution in [0.5, 0.6) is 0 Å². The van der Waals surface area contributed by atoms with Crippen LogP contribution in [0.15, 0.2) is 18.2 Å². The zero-order valence-electron chi connectivity index (χ0n) is 14.9. The molecular weight excluding hydrogens is 361 g/mol. The van der Waals surface area contributed by atoms with Crippen molar-refractivity contribution >= 4 is 41.5 Å². The molecule has 1 aliphatic rings. The number of halogens is 2. The predicted octanol–water partition coefficient (Wildman–Crippen LogP) is 3.56. The summed E-state index contributed by atoms with van der Waals surface area (Å²) < 4.78 is 0. The third kappa shape index (κ3) is 5.59. The third-order valence-electron chi connectivity index (χ3n) is 4.33. The summed E-state index contributed by atoms with van der Waals surface area (Å²) in [6, 6.07) is 5.17. The Morgan fingerprint density at radius 2 is 2.08 bits per heavy atom. The summed E-state index contributed by atoms with van der Waals surface area (Å²) in [5.74, 6) is 0.431. The molecule has 3 N–H and O–H groups in total. The standard InChI is InChI=1S/C18H26ClN3O2.ClH/c1-11(2)6-17(23)21-14-4-5-16(19)15(8-14)18(24)22-10-13(9-20)7-12(22)3;/h4-5,8,11-13H,6-7,9-10,20H2,1-3H3,(H,21,23);1H. The quantitative estimate of drug-likeness (QED) is 0.810. The van der Waals surface area contributed by atoms with Crippen molar-refractivity contribution in [1.82, 2.24) is 4.90 Å². The molecule has 0 aromatic heterocycles. The Morgan fingerprint density at radius 3 is 2.64 bits per heavy atom. The molecule has 0 radical (unpaired) electrons. The molecule has 7 heteroatoms. The maximum atomic E-state index is 12.8. The second kappa shape index (κ2) is 9.41.